The molecule has 0 unspecified atom stereocenters. The zero-order valence-corrected chi connectivity index (χ0v) is 8.35. The molecule has 1 aromatic rings. The van der Waals surface area contributed by atoms with Crippen molar-refractivity contribution >= 4 is 35.4 Å². The first-order chi connectivity index (χ1) is 6.18. The first-order valence-corrected chi connectivity index (χ1v) is 4.35. The standard InChI is InChI=1S/C8H8N2OS2/c11-7-3-1-6(2-4-7)5-9-10-8(12)13/h1-5,11H,(H2,10,12,13). The van der Waals surface area contributed by atoms with Gasteiger partial charge in [0.05, 0.1) is 6.21 Å². The zero-order valence-electron chi connectivity index (χ0n) is 6.64. The molecular weight excluding hydrogens is 204 g/mol. The van der Waals surface area contributed by atoms with E-state index in [1.54, 1.807) is 30.5 Å². The van der Waals surface area contributed by atoms with E-state index >= 15 is 0 Å². The summed E-state index contributed by atoms with van der Waals surface area (Å²) in [5.41, 5.74) is 3.38. The van der Waals surface area contributed by atoms with E-state index in [9.17, 15) is 0 Å². The van der Waals surface area contributed by atoms with Crippen LogP contribution in [0.3, 0.4) is 0 Å². The number of benzene rings is 1. The fraction of sp³-hybridized carbons (Fsp3) is 0. The van der Waals surface area contributed by atoms with Gasteiger partial charge in [-0.25, -0.2) is 0 Å². The fourth-order valence-corrected chi connectivity index (χ4v) is 0.833. The quantitative estimate of drug-likeness (QED) is 0.301. The van der Waals surface area contributed by atoms with Gasteiger partial charge in [-0.1, -0.05) is 12.2 Å². The lowest BCUT2D eigenvalue weighted by atomic mass is 10.2. The molecule has 0 spiro atoms. The molecule has 0 fully saturated rings. The molecule has 3 nitrogen and oxygen atoms in total. The molecule has 0 aliphatic heterocycles. The minimum Gasteiger partial charge on any atom is -0.508 e. The maximum Gasteiger partial charge on any atom is 0.150 e. The van der Waals surface area contributed by atoms with Crippen molar-refractivity contribution in [2.75, 3.05) is 0 Å². The Bertz CT molecular complexity index is 321. The van der Waals surface area contributed by atoms with E-state index in [4.69, 9.17) is 5.11 Å². The third-order valence-electron chi connectivity index (χ3n) is 1.27. The van der Waals surface area contributed by atoms with E-state index < -0.39 is 0 Å². The summed E-state index contributed by atoms with van der Waals surface area (Å²) in [5, 5.41) is 12.8. The number of aromatic hydroxyl groups is 1. The molecule has 0 saturated heterocycles. The number of hydrazone groups is 1. The summed E-state index contributed by atoms with van der Waals surface area (Å²) >= 11 is 8.46. The maximum atomic E-state index is 8.98. The van der Waals surface area contributed by atoms with E-state index in [0.29, 0.717) is 4.32 Å². The van der Waals surface area contributed by atoms with Crippen molar-refractivity contribution in [3.8, 4) is 5.75 Å². The Morgan fingerprint density at radius 3 is 2.62 bits per heavy atom. The zero-order chi connectivity index (χ0) is 9.68. The Balaban J connectivity index is 2.59. The molecule has 2 N–H and O–H groups in total. The topological polar surface area (TPSA) is 44.6 Å². The van der Waals surface area contributed by atoms with Gasteiger partial charge in [0.1, 0.15) is 5.75 Å². The number of nitrogens with zero attached hydrogens (tertiary/aromatic N) is 1. The molecule has 0 saturated carbocycles. The van der Waals surface area contributed by atoms with Gasteiger partial charge >= 0.3 is 0 Å². The smallest absolute Gasteiger partial charge is 0.150 e. The lowest BCUT2D eigenvalue weighted by Gasteiger charge is -1.94. The molecule has 1 aromatic carbocycles. The van der Waals surface area contributed by atoms with Gasteiger partial charge in [-0.15, -0.1) is 12.6 Å². The number of thiocarbonyl (C=S) groups is 1. The summed E-state index contributed by atoms with van der Waals surface area (Å²) in [4.78, 5) is 0. The number of phenolic OH excluding ortho intramolecular Hbond substituents is 1. The van der Waals surface area contributed by atoms with Crippen molar-refractivity contribution in [3.05, 3.63) is 29.8 Å². The van der Waals surface area contributed by atoms with Gasteiger partial charge in [-0.2, -0.15) is 5.10 Å². The highest BCUT2D eigenvalue weighted by molar-refractivity contribution is 8.11. The second-order valence-electron chi connectivity index (χ2n) is 2.27. The summed E-state index contributed by atoms with van der Waals surface area (Å²) in [7, 11) is 0. The highest BCUT2D eigenvalue weighted by Gasteiger charge is 1.88. The molecule has 13 heavy (non-hydrogen) atoms. The predicted octanol–water partition coefficient (Wildman–Crippen LogP) is 1.53. The van der Waals surface area contributed by atoms with E-state index in [-0.39, 0.29) is 5.75 Å². The monoisotopic (exact) mass is 212 g/mol. The average Bonchev–Trinajstić information content (AvgIpc) is 2.08. The van der Waals surface area contributed by atoms with Crippen molar-refractivity contribution in [3.63, 3.8) is 0 Å². The Kier molecular flexibility index (Phi) is 3.72. The van der Waals surface area contributed by atoms with Gasteiger partial charge in [0.2, 0.25) is 0 Å². The summed E-state index contributed by atoms with van der Waals surface area (Å²) in [6.07, 6.45) is 1.59. The largest absolute Gasteiger partial charge is 0.508 e. The SMILES string of the molecule is Oc1ccc(C=NNC(=S)S)cc1. The minimum atomic E-state index is 0.231. The summed E-state index contributed by atoms with van der Waals surface area (Å²) in [5.74, 6) is 0.231. The molecule has 68 valence electrons. The molecule has 5 heteroatoms. The van der Waals surface area contributed by atoms with Crippen LogP contribution in [0.2, 0.25) is 0 Å². The van der Waals surface area contributed by atoms with Crippen LogP contribution in [0.4, 0.5) is 0 Å². The molecule has 0 radical (unpaired) electrons. The summed E-state index contributed by atoms with van der Waals surface area (Å²) in [6, 6.07) is 6.64. The van der Waals surface area contributed by atoms with Gasteiger partial charge < -0.3 is 5.11 Å². The molecule has 0 aliphatic carbocycles. The Hall–Kier alpha value is -1.07. The first-order valence-electron chi connectivity index (χ1n) is 3.49. The molecule has 0 heterocycles. The number of phenols is 1. The highest BCUT2D eigenvalue weighted by Crippen LogP contribution is 2.07. The molecule has 1 rings (SSSR count). The van der Waals surface area contributed by atoms with Crippen molar-refractivity contribution in [1.82, 2.24) is 5.43 Å². The number of rotatable bonds is 2. The molecule has 0 atom stereocenters. The van der Waals surface area contributed by atoms with Gasteiger partial charge in [0, 0.05) is 0 Å². The molecular formula is C8H8N2OS2. The Morgan fingerprint density at radius 2 is 2.08 bits per heavy atom. The van der Waals surface area contributed by atoms with Crippen LogP contribution in [0, 0.1) is 0 Å². The van der Waals surface area contributed by atoms with Crippen LogP contribution in [0.15, 0.2) is 29.4 Å². The minimum absolute atomic E-state index is 0.231. The third kappa shape index (κ3) is 3.91. The van der Waals surface area contributed by atoms with E-state index in [0.717, 1.165) is 5.56 Å². The number of hydrogen-bond donors (Lipinski definition) is 3. The second kappa shape index (κ2) is 4.84. The van der Waals surface area contributed by atoms with Crippen molar-refractivity contribution in [2.45, 2.75) is 0 Å². The lowest BCUT2D eigenvalue weighted by Crippen LogP contribution is -2.07. The third-order valence-corrected chi connectivity index (χ3v) is 1.46. The second-order valence-corrected chi connectivity index (χ2v) is 3.42. The lowest BCUT2D eigenvalue weighted by molar-refractivity contribution is 0.475. The summed E-state index contributed by atoms with van der Waals surface area (Å²) < 4.78 is 0.315. The Morgan fingerprint density at radius 1 is 1.46 bits per heavy atom. The van der Waals surface area contributed by atoms with Crippen LogP contribution in [-0.4, -0.2) is 15.6 Å². The highest BCUT2D eigenvalue weighted by atomic mass is 32.1. The first kappa shape index (κ1) is 10.0. The molecule has 0 aliphatic rings. The van der Waals surface area contributed by atoms with Crippen molar-refractivity contribution in [2.24, 2.45) is 5.10 Å². The normalized spacial score (nSPS) is 10.2. The van der Waals surface area contributed by atoms with Crippen LogP contribution in [-0.2, 0) is 0 Å². The molecule has 0 aromatic heterocycles. The molecule has 0 amide bonds. The van der Waals surface area contributed by atoms with Crippen LogP contribution in [0.1, 0.15) is 5.56 Å². The number of nitrogens with one attached hydrogen (secondary N) is 1. The predicted molar refractivity (Wildman–Crippen MR) is 60.4 cm³/mol. The van der Waals surface area contributed by atoms with Crippen LogP contribution in [0.25, 0.3) is 0 Å². The van der Waals surface area contributed by atoms with E-state index in [1.807, 2.05) is 0 Å². The van der Waals surface area contributed by atoms with E-state index in [2.05, 4.69) is 35.4 Å². The average molecular weight is 212 g/mol. The van der Waals surface area contributed by atoms with E-state index in [1.165, 1.54) is 0 Å². The van der Waals surface area contributed by atoms with Crippen molar-refractivity contribution < 1.29 is 5.11 Å². The summed E-state index contributed by atoms with van der Waals surface area (Å²) in [6.45, 7) is 0. The van der Waals surface area contributed by atoms with Crippen LogP contribution < -0.4 is 5.43 Å². The van der Waals surface area contributed by atoms with Gasteiger partial charge in [0.25, 0.3) is 0 Å². The van der Waals surface area contributed by atoms with Crippen LogP contribution >= 0.6 is 24.8 Å². The van der Waals surface area contributed by atoms with Crippen LogP contribution in [0.5, 0.6) is 5.75 Å². The number of hydrogen-bond acceptors (Lipinski definition) is 3. The van der Waals surface area contributed by atoms with Gasteiger partial charge in [-0.3, -0.25) is 5.43 Å². The van der Waals surface area contributed by atoms with Crippen molar-refractivity contribution in [1.29, 1.82) is 0 Å². The number of thiol groups is 1. The Labute approximate surface area is 86.9 Å². The van der Waals surface area contributed by atoms with Gasteiger partial charge in [0.15, 0.2) is 4.32 Å². The fourth-order valence-electron chi connectivity index (χ4n) is 0.722. The van der Waals surface area contributed by atoms with Gasteiger partial charge in [-0.05, 0) is 29.8 Å². The molecule has 0 bridgehead atoms. The maximum absolute atomic E-state index is 8.98.